The number of hydrogen-bond acceptors (Lipinski definition) is 8. The Balaban J connectivity index is 0.797. The van der Waals surface area contributed by atoms with E-state index in [1.165, 1.54) is 32.1 Å². The molecule has 10 nitrogen and oxygen atoms in total. The van der Waals surface area contributed by atoms with E-state index < -0.39 is 0 Å². The molecule has 0 aromatic heterocycles. The minimum atomic E-state index is -0.114. The Labute approximate surface area is 278 Å². The zero-order chi connectivity index (χ0) is 32.6. The van der Waals surface area contributed by atoms with Gasteiger partial charge in [-0.15, -0.1) is 0 Å². The predicted octanol–water partition coefficient (Wildman–Crippen LogP) is 6.55. The molecule has 10 heteroatoms. The molecule has 4 heterocycles. The van der Waals surface area contributed by atoms with Crippen LogP contribution in [0.15, 0.2) is 46.4 Å². The largest absolute Gasteiger partial charge is 0.497 e. The molecule has 4 aliphatic heterocycles. The Morgan fingerprint density at radius 2 is 1.02 bits per heavy atom. The second-order valence-corrected chi connectivity index (χ2v) is 12.9. The van der Waals surface area contributed by atoms with Crippen LogP contribution < -0.4 is 9.47 Å². The van der Waals surface area contributed by atoms with Gasteiger partial charge in [0.2, 0.25) is 0 Å². The number of carbonyl (C=O) groups excluding carboxylic acids is 2. The van der Waals surface area contributed by atoms with Gasteiger partial charge in [-0.1, -0.05) is 44.9 Å². The Morgan fingerprint density at radius 3 is 1.43 bits per heavy atom. The Kier molecular flexibility index (Phi) is 11.2. The van der Waals surface area contributed by atoms with Crippen LogP contribution in [0.25, 0.3) is 0 Å². The first kappa shape index (κ1) is 33.2. The lowest BCUT2D eigenvalue weighted by Gasteiger charge is -2.23. The first-order valence-electron chi connectivity index (χ1n) is 17.4. The van der Waals surface area contributed by atoms with E-state index in [1.807, 2.05) is 46.5 Å². The first-order valence-corrected chi connectivity index (χ1v) is 17.4. The molecule has 2 amide bonds. The fourth-order valence-corrected chi connectivity index (χ4v) is 7.15. The van der Waals surface area contributed by atoms with Crippen LogP contribution in [-0.4, -0.2) is 98.9 Å². The second-order valence-electron chi connectivity index (χ2n) is 12.9. The summed E-state index contributed by atoms with van der Waals surface area (Å²) in [5, 5.41) is 0. The number of aliphatic imine (C=N–C) groups is 2. The standard InChI is InChI=1S/C37H48N4O6/c1-44-26-12-14-28-30(22-26)38-24-32-34(16-18-40(32)36(28)42)46-20-10-8-6-4-3-5-7-9-11-21-47-35-17-19-41-33(35)25-39-31-23-27(45-2)13-15-29(31)37(41)43/h12-15,22-25,32-35H,3-11,16-21H2,1-2H3/t32-,33-,34?,35?/m1/s1. The van der Waals surface area contributed by atoms with Gasteiger partial charge in [-0.3, -0.25) is 19.6 Å². The molecule has 47 heavy (non-hydrogen) atoms. The molecule has 0 saturated carbocycles. The van der Waals surface area contributed by atoms with Crippen molar-refractivity contribution in [1.82, 2.24) is 9.80 Å². The summed E-state index contributed by atoms with van der Waals surface area (Å²) >= 11 is 0. The monoisotopic (exact) mass is 644 g/mol. The number of methoxy groups -OCH3 is 2. The second kappa shape index (κ2) is 15.9. The molecule has 0 spiro atoms. The Morgan fingerprint density at radius 1 is 0.617 bits per heavy atom. The van der Waals surface area contributed by atoms with Crippen LogP contribution >= 0.6 is 0 Å². The van der Waals surface area contributed by atoms with Crippen molar-refractivity contribution in [3.8, 4) is 11.5 Å². The van der Waals surface area contributed by atoms with E-state index in [2.05, 4.69) is 9.98 Å². The molecule has 0 radical (unpaired) electrons. The maximum Gasteiger partial charge on any atom is 0.256 e. The minimum absolute atomic E-state index is 0.0000377. The molecule has 4 aliphatic rings. The number of amides is 2. The van der Waals surface area contributed by atoms with Crippen molar-refractivity contribution in [3.05, 3.63) is 47.5 Å². The molecule has 2 aromatic rings. The third-order valence-corrected chi connectivity index (χ3v) is 9.87. The highest BCUT2D eigenvalue weighted by molar-refractivity contribution is 6.04. The highest BCUT2D eigenvalue weighted by Gasteiger charge is 2.40. The lowest BCUT2D eigenvalue weighted by Crippen LogP contribution is -2.40. The maximum absolute atomic E-state index is 13.1. The molecule has 0 N–H and O–H groups in total. The SMILES string of the molecule is COc1ccc2c(c1)N=C[C@@H]1C(OCCCCCCCCCCCOC3CCN4C(=O)c5ccc(OC)cc5N=C[C@H]34)CCN1C2=O. The average molecular weight is 645 g/mol. The minimum Gasteiger partial charge on any atom is -0.497 e. The quantitative estimate of drug-likeness (QED) is 0.192. The topological polar surface area (TPSA) is 102 Å². The summed E-state index contributed by atoms with van der Waals surface area (Å²) in [5.74, 6) is 1.44. The number of ether oxygens (including phenoxy) is 4. The molecule has 6 rings (SSSR count). The maximum atomic E-state index is 13.1. The molecule has 0 bridgehead atoms. The van der Waals surface area contributed by atoms with Crippen molar-refractivity contribution in [2.45, 2.75) is 94.9 Å². The zero-order valence-electron chi connectivity index (χ0n) is 27.8. The number of nitrogens with zero attached hydrogens (tertiary/aromatic N) is 4. The van der Waals surface area contributed by atoms with Gasteiger partial charge in [-0.05, 0) is 49.9 Å². The van der Waals surface area contributed by atoms with Crippen LogP contribution in [0.4, 0.5) is 11.4 Å². The highest BCUT2D eigenvalue weighted by Crippen LogP contribution is 2.34. The first-order chi connectivity index (χ1) is 23.1. The van der Waals surface area contributed by atoms with E-state index in [0.717, 1.165) is 51.7 Å². The smallest absolute Gasteiger partial charge is 0.256 e. The average Bonchev–Trinajstić information content (AvgIpc) is 3.63. The molecule has 252 valence electrons. The number of hydrogen-bond donors (Lipinski definition) is 0. The number of fused-ring (bicyclic) bond motifs is 4. The van der Waals surface area contributed by atoms with Crippen molar-refractivity contribution in [3.63, 3.8) is 0 Å². The fraction of sp³-hybridized carbons (Fsp3) is 0.568. The van der Waals surface area contributed by atoms with Crippen molar-refractivity contribution >= 4 is 35.6 Å². The van der Waals surface area contributed by atoms with Crippen molar-refractivity contribution in [1.29, 1.82) is 0 Å². The van der Waals surface area contributed by atoms with Crippen LogP contribution in [0.3, 0.4) is 0 Å². The van der Waals surface area contributed by atoms with Gasteiger partial charge in [0, 0.05) is 50.9 Å². The van der Waals surface area contributed by atoms with Crippen LogP contribution in [0.5, 0.6) is 11.5 Å². The number of rotatable bonds is 16. The Bertz CT molecular complexity index is 1350. The number of unbranched alkanes of at least 4 members (excludes halogenated alkanes) is 8. The van der Waals surface area contributed by atoms with Gasteiger partial charge in [0.15, 0.2) is 0 Å². The molecule has 0 aliphatic carbocycles. The van der Waals surface area contributed by atoms with E-state index >= 15 is 0 Å². The summed E-state index contributed by atoms with van der Waals surface area (Å²) in [4.78, 5) is 39.3. The molecule has 2 unspecified atom stereocenters. The van der Waals surface area contributed by atoms with E-state index in [1.54, 1.807) is 26.4 Å². The molecular weight excluding hydrogens is 596 g/mol. The van der Waals surface area contributed by atoms with Crippen molar-refractivity contribution in [2.75, 3.05) is 40.5 Å². The van der Waals surface area contributed by atoms with Gasteiger partial charge < -0.3 is 28.7 Å². The van der Waals surface area contributed by atoms with Gasteiger partial charge in [0.05, 0.1) is 61.0 Å². The van der Waals surface area contributed by atoms with Gasteiger partial charge in [-0.25, -0.2) is 0 Å². The molecule has 2 saturated heterocycles. The summed E-state index contributed by atoms with van der Waals surface area (Å²) < 4.78 is 23.1. The summed E-state index contributed by atoms with van der Waals surface area (Å²) in [5.41, 5.74) is 2.57. The van der Waals surface area contributed by atoms with Crippen molar-refractivity contribution in [2.24, 2.45) is 9.98 Å². The lowest BCUT2D eigenvalue weighted by atomic mass is 10.1. The predicted molar refractivity (Wildman–Crippen MR) is 182 cm³/mol. The number of carbonyl (C=O) groups is 2. The normalized spacial score (nSPS) is 22.9. The van der Waals surface area contributed by atoms with Gasteiger partial charge in [0.1, 0.15) is 11.5 Å². The number of benzene rings is 2. The van der Waals surface area contributed by atoms with Crippen LogP contribution in [0.2, 0.25) is 0 Å². The van der Waals surface area contributed by atoms with Gasteiger partial charge in [-0.2, -0.15) is 0 Å². The van der Waals surface area contributed by atoms with E-state index in [-0.39, 0.29) is 36.1 Å². The lowest BCUT2D eigenvalue weighted by molar-refractivity contribution is 0.0402. The van der Waals surface area contributed by atoms with E-state index in [4.69, 9.17) is 18.9 Å². The van der Waals surface area contributed by atoms with Gasteiger partial charge >= 0.3 is 0 Å². The van der Waals surface area contributed by atoms with E-state index in [0.29, 0.717) is 47.1 Å². The van der Waals surface area contributed by atoms with E-state index in [9.17, 15) is 9.59 Å². The summed E-state index contributed by atoms with van der Waals surface area (Å²) in [6.45, 7) is 2.83. The summed E-state index contributed by atoms with van der Waals surface area (Å²) in [6.07, 6.45) is 16.1. The third-order valence-electron chi connectivity index (χ3n) is 9.87. The molecular formula is C37H48N4O6. The molecule has 2 aromatic carbocycles. The third kappa shape index (κ3) is 7.70. The van der Waals surface area contributed by atoms with Crippen molar-refractivity contribution < 1.29 is 28.5 Å². The molecule has 4 atom stereocenters. The summed E-state index contributed by atoms with van der Waals surface area (Å²) in [6, 6.07) is 10.6. The highest BCUT2D eigenvalue weighted by atomic mass is 16.5. The zero-order valence-corrected chi connectivity index (χ0v) is 27.8. The van der Waals surface area contributed by atoms with Crippen LogP contribution in [0, 0.1) is 0 Å². The summed E-state index contributed by atoms with van der Waals surface area (Å²) in [7, 11) is 3.23. The van der Waals surface area contributed by atoms with Crippen LogP contribution in [0.1, 0.15) is 91.3 Å². The van der Waals surface area contributed by atoms with Crippen LogP contribution in [-0.2, 0) is 9.47 Å². The fourth-order valence-electron chi connectivity index (χ4n) is 7.15. The Hall–Kier alpha value is -3.76. The molecule has 2 fully saturated rings. The van der Waals surface area contributed by atoms with Gasteiger partial charge in [0.25, 0.3) is 11.8 Å².